The summed E-state index contributed by atoms with van der Waals surface area (Å²) < 4.78 is 0. The summed E-state index contributed by atoms with van der Waals surface area (Å²) in [4.78, 5) is 13.2. The molecule has 0 radical (unpaired) electrons. The summed E-state index contributed by atoms with van der Waals surface area (Å²) in [5.41, 5.74) is 0.496. The van der Waals surface area contributed by atoms with Crippen molar-refractivity contribution in [1.82, 2.24) is 10.2 Å². The van der Waals surface area contributed by atoms with E-state index in [1.165, 1.54) is 32.1 Å². The number of ketones is 1. The number of nitrogens with zero attached hydrogens (tertiary/aromatic N) is 1. The Morgan fingerprint density at radius 1 is 1.17 bits per heavy atom. The van der Waals surface area contributed by atoms with E-state index in [0.717, 1.165) is 43.2 Å². The van der Waals surface area contributed by atoms with Gasteiger partial charge in [0, 0.05) is 24.2 Å². The predicted molar refractivity (Wildman–Crippen MR) is 116 cm³/mol. The number of fused-ring (bicyclic) bond motifs is 5. The van der Waals surface area contributed by atoms with Crippen molar-refractivity contribution in [2.45, 2.75) is 83.7 Å². The van der Waals surface area contributed by atoms with Gasteiger partial charge in [-0.2, -0.15) is 5.10 Å². The average molecular weight is 409 g/mol. The zero-order chi connectivity index (χ0) is 21.1. The molecule has 0 aromatic carbocycles. The van der Waals surface area contributed by atoms with E-state index in [0.29, 0.717) is 29.5 Å². The summed E-state index contributed by atoms with van der Waals surface area (Å²) in [6.07, 6.45) is 17.5. The normalized spacial score (nSPS) is 47.6. The van der Waals surface area contributed by atoms with E-state index in [-0.39, 0.29) is 11.3 Å². The quantitative estimate of drug-likeness (QED) is 0.722. The molecule has 0 amide bonds. The SMILES string of the molecule is C#C[C@@]1(O)CC[C@@]2(C)[C@H](CC[C@@H]3[C@@H]2CC[C@]2(C)[C@@H](C(=O)Cc4ccn[nH]4)CC[C@@H]32)C1. The van der Waals surface area contributed by atoms with Gasteiger partial charge in [-0.3, -0.25) is 9.89 Å². The second kappa shape index (κ2) is 6.95. The molecule has 30 heavy (non-hydrogen) atoms. The lowest BCUT2D eigenvalue weighted by Crippen LogP contribution is -2.56. The molecule has 1 aromatic heterocycles. The van der Waals surface area contributed by atoms with Crippen LogP contribution in [-0.2, 0) is 11.2 Å². The molecule has 162 valence electrons. The second-order valence-corrected chi connectivity index (χ2v) is 11.4. The Morgan fingerprint density at radius 3 is 2.70 bits per heavy atom. The van der Waals surface area contributed by atoms with Crippen LogP contribution in [0.5, 0.6) is 0 Å². The monoisotopic (exact) mass is 408 g/mol. The molecule has 4 aliphatic rings. The van der Waals surface area contributed by atoms with Crippen molar-refractivity contribution in [3.05, 3.63) is 18.0 Å². The van der Waals surface area contributed by atoms with Crippen molar-refractivity contribution in [2.24, 2.45) is 40.4 Å². The van der Waals surface area contributed by atoms with E-state index >= 15 is 0 Å². The number of rotatable bonds is 3. The number of H-pyrrole nitrogens is 1. The first-order chi connectivity index (χ1) is 14.3. The van der Waals surface area contributed by atoms with Gasteiger partial charge in [-0.15, -0.1) is 6.42 Å². The number of Topliss-reactive ketones (excluding diaryl/α,β-unsaturated/α-hetero) is 1. The van der Waals surface area contributed by atoms with E-state index < -0.39 is 5.60 Å². The minimum absolute atomic E-state index is 0.148. The van der Waals surface area contributed by atoms with Gasteiger partial charge in [0.1, 0.15) is 11.4 Å². The first-order valence-corrected chi connectivity index (χ1v) is 12.0. The lowest BCUT2D eigenvalue weighted by molar-refractivity contribution is -0.145. The number of hydrogen-bond donors (Lipinski definition) is 2. The number of aromatic nitrogens is 2. The number of carbonyl (C=O) groups is 1. The standard InChI is InChI=1S/C26H36N2O2/c1-4-26(30)13-12-24(2)17(16-26)5-6-19-20-7-8-22(25(20,3)11-9-21(19)24)23(29)15-18-10-14-27-28-18/h1,10,14,17,19-22,30H,5-9,11-13,15-16H2,2-3H3,(H,27,28)/t17-,19+,20+,21+,22-,24+,25+,26-/m1/s1. The largest absolute Gasteiger partial charge is 0.378 e. The predicted octanol–water partition coefficient (Wildman–Crippen LogP) is 4.54. The van der Waals surface area contributed by atoms with E-state index in [1.54, 1.807) is 6.20 Å². The molecule has 4 saturated carbocycles. The zero-order valence-electron chi connectivity index (χ0n) is 18.5. The summed E-state index contributed by atoms with van der Waals surface area (Å²) in [6, 6.07) is 1.92. The van der Waals surface area contributed by atoms with Gasteiger partial charge in [0.05, 0.1) is 0 Å². The number of aromatic amines is 1. The molecule has 4 heteroatoms. The lowest BCUT2D eigenvalue weighted by atomic mass is 9.44. The molecule has 8 atom stereocenters. The summed E-state index contributed by atoms with van der Waals surface area (Å²) in [7, 11) is 0. The minimum Gasteiger partial charge on any atom is -0.378 e. The van der Waals surface area contributed by atoms with Crippen LogP contribution in [0.25, 0.3) is 0 Å². The maximum absolute atomic E-state index is 13.2. The van der Waals surface area contributed by atoms with Crippen LogP contribution in [0.1, 0.15) is 77.3 Å². The number of aliphatic hydroxyl groups is 1. The Balaban J connectivity index is 1.35. The fraction of sp³-hybridized carbons (Fsp3) is 0.769. The van der Waals surface area contributed by atoms with E-state index in [2.05, 4.69) is 30.0 Å². The number of nitrogens with one attached hydrogen (secondary N) is 1. The summed E-state index contributed by atoms with van der Waals surface area (Å²) >= 11 is 0. The first-order valence-electron chi connectivity index (χ1n) is 12.0. The van der Waals surface area contributed by atoms with Crippen molar-refractivity contribution >= 4 is 5.78 Å². The highest BCUT2D eigenvalue weighted by Crippen LogP contribution is 2.68. The maximum Gasteiger partial charge on any atom is 0.142 e. The first kappa shape index (κ1) is 20.3. The Bertz CT molecular complexity index is 857. The summed E-state index contributed by atoms with van der Waals surface area (Å²) in [5, 5.41) is 17.7. The summed E-state index contributed by atoms with van der Waals surface area (Å²) in [5.74, 6) is 5.94. The van der Waals surface area contributed by atoms with Crippen molar-refractivity contribution < 1.29 is 9.90 Å². The van der Waals surface area contributed by atoms with E-state index in [4.69, 9.17) is 6.42 Å². The van der Waals surface area contributed by atoms with Crippen LogP contribution in [0, 0.1) is 52.8 Å². The van der Waals surface area contributed by atoms with Crippen molar-refractivity contribution in [1.29, 1.82) is 0 Å². The average Bonchev–Trinajstić information content (AvgIpc) is 3.35. The molecule has 0 spiro atoms. The Hall–Kier alpha value is -1.60. The summed E-state index contributed by atoms with van der Waals surface area (Å²) in [6.45, 7) is 4.91. The maximum atomic E-state index is 13.2. The van der Waals surface area contributed by atoms with Crippen molar-refractivity contribution in [3.63, 3.8) is 0 Å². The lowest BCUT2D eigenvalue weighted by Gasteiger charge is -2.61. The van der Waals surface area contributed by atoms with Crippen LogP contribution >= 0.6 is 0 Å². The highest BCUT2D eigenvalue weighted by molar-refractivity contribution is 5.84. The van der Waals surface area contributed by atoms with Crippen LogP contribution in [0.15, 0.2) is 12.3 Å². The molecule has 1 aromatic rings. The van der Waals surface area contributed by atoms with Crippen molar-refractivity contribution in [2.75, 3.05) is 0 Å². The highest BCUT2D eigenvalue weighted by Gasteiger charge is 2.61. The third kappa shape index (κ3) is 2.92. The van der Waals surface area contributed by atoms with Crippen LogP contribution < -0.4 is 0 Å². The molecule has 5 rings (SSSR count). The van der Waals surface area contributed by atoms with Gasteiger partial charge in [-0.25, -0.2) is 0 Å². The van der Waals surface area contributed by atoms with Crippen LogP contribution in [0.3, 0.4) is 0 Å². The third-order valence-electron chi connectivity index (χ3n) is 10.3. The minimum atomic E-state index is -0.891. The third-order valence-corrected chi connectivity index (χ3v) is 10.3. The van der Waals surface area contributed by atoms with Crippen LogP contribution in [0.4, 0.5) is 0 Å². The molecular formula is C26H36N2O2. The molecule has 0 unspecified atom stereocenters. The highest BCUT2D eigenvalue weighted by atomic mass is 16.3. The number of hydrogen-bond acceptors (Lipinski definition) is 3. The molecule has 0 aliphatic heterocycles. The smallest absolute Gasteiger partial charge is 0.142 e. The topological polar surface area (TPSA) is 66.0 Å². The Morgan fingerprint density at radius 2 is 1.97 bits per heavy atom. The Kier molecular flexibility index (Phi) is 4.71. The molecule has 4 fully saturated rings. The molecule has 2 N–H and O–H groups in total. The molecule has 4 nitrogen and oxygen atoms in total. The van der Waals surface area contributed by atoms with Gasteiger partial charge in [-0.05, 0) is 98.4 Å². The Labute approximate surface area is 180 Å². The molecular weight excluding hydrogens is 372 g/mol. The van der Waals surface area contributed by atoms with Crippen LogP contribution in [-0.4, -0.2) is 26.7 Å². The van der Waals surface area contributed by atoms with Gasteiger partial charge >= 0.3 is 0 Å². The number of carbonyl (C=O) groups excluding carboxylic acids is 1. The number of terminal acetylenes is 1. The van der Waals surface area contributed by atoms with Crippen molar-refractivity contribution in [3.8, 4) is 12.3 Å². The van der Waals surface area contributed by atoms with Crippen LogP contribution in [0.2, 0.25) is 0 Å². The van der Waals surface area contributed by atoms with Gasteiger partial charge in [0.25, 0.3) is 0 Å². The van der Waals surface area contributed by atoms with E-state index in [9.17, 15) is 9.90 Å². The fourth-order valence-corrected chi connectivity index (χ4v) is 8.60. The second-order valence-electron chi connectivity index (χ2n) is 11.4. The molecule has 0 bridgehead atoms. The molecule has 0 saturated heterocycles. The zero-order valence-corrected chi connectivity index (χ0v) is 18.5. The molecule has 4 aliphatic carbocycles. The van der Waals surface area contributed by atoms with E-state index in [1.807, 2.05) is 6.07 Å². The fourth-order valence-electron chi connectivity index (χ4n) is 8.60. The van der Waals surface area contributed by atoms with Gasteiger partial charge in [0.2, 0.25) is 0 Å². The van der Waals surface area contributed by atoms with Gasteiger partial charge < -0.3 is 5.11 Å². The van der Waals surface area contributed by atoms with Gasteiger partial charge in [-0.1, -0.05) is 19.8 Å². The molecule has 1 heterocycles. The van der Waals surface area contributed by atoms with Gasteiger partial charge in [0.15, 0.2) is 0 Å².